The van der Waals surface area contributed by atoms with Gasteiger partial charge in [0.2, 0.25) is 0 Å². The van der Waals surface area contributed by atoms with Crippen LogP contribution < -0.4 is 0 Å². The molecular weight excluding hydrogens is 726 g/mol. The fourth-order valence-electron chi connectivity index (χ4n) is 2.46. The van der Waals surface area contributed by atoms with Crippen molar-refractivity contribution in [2.45, 2.75) is 84.4 Å². The van der Waals surface area contributed by atoms with Crippen molar-refractivity contribution in [2.75, 3.05) is 13.1 Å². The first-order valence-electron chi connectivity index (χ1n) is 10.2. The van der Waals surface area contributed by atoms with Gasteiger partial charge in [-0.2, -0.15) is 114 Å². The van der Waals surface area contributed by atoms with Crippen LogP contribution in [0.25, 0.3) is 0 Å². The van der Waals surface area contributed by atoms with E-state index in [9.17, 15) is 114 Å². The second kappa shape index (κ2) is 11.7. The van der Waals surface area contributed by atoms with E-state index in [4.69, 9.17) is 0 Å². The molecule has 0 saturated carbocycles. The zero-order valence-electron chi connectivity index (χ0n) is 20.0. The van der Waals surface area contributed by atoms with E-state index in [1.165, 1.54) is 0 Å². The number of alkyl halides is 26. The van der Waals surface area contributed by atoms with Crippen LogP contribution in [0.4, 0.5) is 114 Å². The molecule has 0 unspecified atom stereocenters. The van der Waals surface area contributed by atoms with E-state index in [0.717, 1.165) is 6.01 Å². The standard InChI is InChI=1S/C17H8F26N2/c18-6(19,8(22,23)10(26,27)12(30,31)14(34,35)16(38,39)40)1-3-44-5-45-4-2-7(20,21)9(24,25)11(28,29)13(32,33)15(36,37)17(41,42)43/h1-4H2. The van der Waals surface area contributed by atoms with Gasteiger partial charge in [-0.15, -0.1) is 0 Å². The number of hydrogen-bond acceptors (Lipinski definition) is 2. The van der Waals surface area contributed by atoms with Crippen LogP contribution in [0.2, 0.25) is 0 Å². The Bertz CT molecular complexity index is 1010. The predicted molar refractivity (Wildman–Crippen MR) is 90.4 cm³/mol. The first-order valence-corrected chi connectivity index (χ1v) is 10.2. The van der Waals surface area contributed by atoms with Crippen LogP contribution in [-0.4, -0.2) is 90.7 Å². The first-order chi connectivity index (χ1) is 19.2. The summed E-state index contributed by atoms with van der Waals surface area (Å²) in [6, 6.07) is 0.744. The molecule has 0 bridgehead atoms. The van der Waals surface area contributed by atoms with Crippen LogP contribution in [0.5, 0.6) is 0 Å². The molecule has 28 heteroatoms. The molecule has 0 aromatic carbocycles. The van der Waals surface area contributed by atoms with Gasteiger partial charge in [-0.25, -0.2) is 9.98 Å². The smallest absolute Gasteiger partial charge is 0.225 e. The number of nitrogens with zero attached hydrogens (tertiary/aromatic N) is 2. The zero-order valence-corrected chi connectivity index (χ0v) is 20.0. The minimum absolute atomic E-state index is 0.744. The topological polar surface area (TPSA) is 24.7 Å². The number of hydrogen-bond donors (Lipinski definition) is 0. The van der Waals surface area contributed by atoms with Crippen molar-refractivity contribution in [1.82, 2.24) is 0 Å². The normalized spacial score (nSPS) is 16.0. The maximum absolute atomic E-state index is 13.5. The Kier molecular flexibility index (Phi) is 11.0. The molecule has 0 radical (unpaired) electrons. The average molecular weight is 734 g/mol. The maximum Gasteiger partial charge on any atom is 0.460 e. The highest BCUT2D eigenvalue weighted by molar-refractivity contribution is 5.41. The van der Waals surface area contributed by atoms with Crippen molar-refractivity contribution in [1.29, 1.82) is 0 Å². The van der Waals surface area contributed by atoms with Gasteiger partial charge in [0.05, 0.1) is 19.1 Å². The molecule has 268 valence electrons. The summed E-state index contributed by atoms with van der Waals surface area (Å²) < 4.78 is 336. The lowest BCUT2D eigenvalue weighted by Crippen LogP contribution is -2.70. The highest BCUT2D eigenvalue weighted by Crippen LogP contribution is 2.62. The second-order valence-corrected chi connectivity index (χ2v) is 8.36. The lowest BCUT2D eigenvalue weighted by Gasteiger charge is -2.39. The van der Waals surface area contributed by atoms with Crippen molar-refractivity contribution in [2.24, 2.45) is 9.98 Å². The Morgan fingerprint density at radius 1 is 0.289 bits per heavy atom. The van der Waals surface area contributed by atoms with Crippen LogP contribution in [0.3, 0.4) is 0 Å². The highest BCUT2D eigenvalue weighted by Gasteiger charge is 2.92. The van der Waals surface area contributed by atoms with Crippen molar-refractivity contribution < 1.29 is 114 Å². The summed E-state index contributed by atoms with van der Waals surface area (Å²) in [5.41, 5.74) is 0. The molecule has 0 aromatic heterocycles. The largest absolute Gasteiger partial charge is 0.460 e. The van der Waals surface area contributed by atoms with E-state index >= 15 is 0 Å². The van der Waals surface area contributed by atoms with E-state index < -0.39 is 97.5 Å². The first kappa shape index (κ1) is 42.6. The average Bonchev–Trinajstić information content (AvgIpc) is 2.80. The van der Waals surface area contributed by atoms with Crippen LogP contribution in [0.1, 0.15) is 12.8 Å². The van der Waals surface area contributed by atoms with E-state index in [2.05, 4.69) is 9.98 Å². The van der Waals surface area contributed by atoms with Crippen LogP contribution in [0, 0.1) is 0 Å². The van der Waals surface area contributed by atoms with Crippen molar-refractivity contribution in [3.63, 3.8) is 0 Å². The summed E-state index contributed by atoms with van der Waals surface area (Å²) in [6.07, 6.45) is -21.4. The summed E-state index contributed by atoms with van der Waals surface area (Å²) in [6.45, 7) is -4.40. The van der Waals surface area contributed by atoms with Crippen molar-refractivity contribution in [3.8, 4) is 0 Å². The Morgan fingerprint density at radius 2 is 0.489 bits per heavy atom. The molecule has 0 amide bonds. The Balaban J connectivity index is 5.83. The summed E-state index contributed by atoms with van der Waals surface area (Å²) in [4.78, 5) is 4.43. The summed E-state index contributed by atoms with van der Waals surface area (Å²) in [5, 5.41) is 0. The maximum atomic E-state index is 13.5. The molecule has 0 aliphatic rings. The summed E-state index contributed by atoms with van der Waals surface area (Å²) >= 11 is 0. The van der Waals surface area contributed by atoms with Crippen LogP contribution in [0.15, 0.2) is 9.98 Å². The van der Waals surface area contributed by atoms with Gasteiger partial charge in [0, 0.05) is 12.8 Å². The van der Waals surface area contributed by atoms with E-state index in [1.54, 1.807) is 0 Å². The van der Waals surface area contributed by atoms with Crippen molar-refractivity contribution >= 4 is 6.01 Å². The third kappa shape index (κ3) is 6.56. The highest BCUT2D eigenvalue weighted by atomic mass is 19.4. The molecule has 0 heterocycles. The molecule has 0 saturated heterocycles. The predicted octanol–water partition coefficient (Wildman–Crippen LogP) is 9.42. The third-order valence-corrected chi connectivity index (χ3v) is 5.21. The van der Waals surface area contributed by atoms with Gasteiger partial charge in [0.1, 0.15) is 0 Å². The Morgan fingerprint density at radius 3 is 0.689 bits per heavy atom. The summed E-state index contributed by atoms with van der Waals surface area (Å²) in [5.74, 6) is -77.8. The van der Waals surface area contributed by atoms with Crippen molar-refractivity contribution in [3.05, 3.63) is 0 Å². The second-order valence-electron chi connectivity index (χ2n) is 8.36. The fraction of sp³-hybridized carbons (Fsp3) is 0.941. The van der Waals surface area contributed by atoms with E-state index in [1.807, 2.05) is 0 Å². The van der Waals surface area contributed by atoms with Gasteiger partial charge in [-0.3, -0.25) is 0 Å². The monoisotopic (exact) mass is 734 g/mol. The van der Waals surface area contributed by atoms with Gasteiger partial charge in [-0.05, 0) is 0 Å². The SMILES string of the molecule is FC(F)(F)C(F)(F)C(F)(F)C(F)(F)C(F)(F)C(F)(F)CCN=C=NCCC(F)(F)C(F)(F)C(F)(F)C(F)(F)C(F)(F)C(F)(F)F. The number of halogens is 26. The Labute approximate surface area is 229 Å². The van der Waals surface area contributed by atoms with Gasteiger partial charge in [-0.1, -0.05) is 0 Å². The molecular formula is C17H8F26N2. The van der Waals surface area contributed by atoms with Crippen LogP contribution in [-0.2, 0) is 0 Å². The van der Waals surface area contributed by atoms with Gasteiger partial charge in [0.25, 0.3) is 0 Å². The molecule has 0 aliphatic heterocycles. The minimum Gasteiger partial charge on any atom is -0.225 e. The zero-order chi connectivity index (χ0) is 36.9. The molecule has 45 heavy (non-hydrogen) atoms. The summed E-state index contributed by atoms with van der Waals surface area (Å²) in [7, 11) is 0. The van der Waals surface area contributed by atoms with Gasteiger partial charge >= 0.3 is 71.6 Å². The lowest BCUT2D eigenvalue weighted by atomic mass is 9.92. The molecule has 0 rings (SSSR count). The molecule has 2 nitrogen and oxygen atoms in total. The van der Waals surface area contributed by atoms with Gasteiger partial charge < -0.3 is 0 Å². The molecule has 0 spiro atoms. The minimum atomic E-state index is -8.24. The number of aliphatic imine (C=N–C) groups is 2. The number of rotatable bonds is 14. The molecule has 0 fully saturated rings. The molecule has 0 aliphatic carbocycles. The lowest BCUT2D eigenvalue weighted by molar-refractivity contribution is -0.440. The fourth-order valence-corrected chi connectivity index (χ4v) is 2.46. The molecule has 0 atom stereocenters. The van der Waals surface area contributed by atoms with E-state index in [-0.39, 0.29) is 0 Å². The third-order valence-electron chi connectivity index (χ3n) is 5.21. The molecule has 0 N–H and O–H groups in total. The quantitative estimate of drug-likeness (QED) is 0.126. The molecule has 0 aromatic rings. The van der Waals surface area contributed by atoms with Gasteiger partial charge in [0.15, 0.2) is 0 Å². The van der Waals surface area contributed by atoms with E-state index in [0.29, 0.717) is 0 Å². The van der Waals surface area contributed by atoms with Crippen LogP contribution >= 0.6 is 0 Å². The Hall–Kier alpha value is -2.44.